The summed E-state index contributed by atoms with van der Waals surface area (Å²) in [6, 6.07) is 9.73. The highest BCUT2D eigenvalue weighted by molar-refractivity contribution is 5.95. The van der Waals surface area contributed by atoms with Crippen LogP contribution in [0.1, 0.15) is 24.0 Å². The standard InChI is InChI=1S/C22H27N7O2/c1-15-4-5-16(2)18(12-15)24-21(30)13-27(3)22(31)17-8-10-28(11-9-17)20-7-6-19-25-23-14-29(19)26-20/h4-7,12,14,17H,8-11,13H2,1-3H3,(H,24,30). The molecule has 1 fully saturated rings. The molecule has 4 rings (SSSR count). The molecule has 0 saturated carbocycles. The van der Waals surface area contributed by atoms with Crippen LogP contribution in [0.25, 0.3) is 5.65 Å². The smallest absolute Gasteiger partial charge is 0.243 e. The normalized spacial score (nSPS) is 14.6. The SMILES string of the molecule is Cc1ccc(C)c(NC(=O)CN(C)C(=O)C2CCN(c3ccc4nncn4n3)CC2)c1. The van der Waals surface area contributed by atoms with Gasteiger partial charge in [-0.25, -0.2) is 0 Å². The summed E-state index contributed by atoms with van der Waals surface area (Å²) >= 11 is 0. The van der Waals surface area contributed by atoms with Crippen LogP contribution in [0.2, 0.25) is 0 Å². The summed E-state index contributed by atoms with van der Waals surface area (Å²) in [5, 5.41) is 15.3. The van der Waals surface area contributed by atoms with Gasteiger partial charge in [0.15, 0.2) is 5.65 Å². The van der Waals surface area contributed by atoms with Crippen molar-refractivity contribution >= 4 is 29.0 Å². The van der Waals surface area contributed by atoms with Gasteiger partial charge in [0, 0.05) is 31.7 Å². The highest BCUT2D eigenvalue weighted by Crippen LogP contribution is 2.23. The Kier molecular flexibility index (Phi) is 5.83. The number of likely N-dealkylation sites (N-methyl/N-ethyl adjacent to an activating group) is 1. The number of hydrogen-bond acceptors (Lipinski definition) is 6. The third-order valence-corrected chi connectivity index (χ3v) is 5.74. The number of carbonyl (C=O) groups excluding carboxylic acids is 2. The lowest BCUT2D eigenvalue weighted by atomic mass is 9.95. The van der Waals surface area contributed by atoms with Crippen LogP contribution in [0.4, 0.5) is 11.5 Å². The molecule has 2 aromatic heterocycles. The Hall–Kier alpha value is -3.49. The van der Waals surface area contributed by atoms with Crippen LogP contribution in [0.3, 0.4) is 0 Å². The fourth-order valence-corrected chi connectivity index (χ4v) is 3.91. The predicted octanol–water partition coefficient (Wildman–Crippen LogP) is 2.05. The number of rotatable bonds is 5. The molecule has 1 aliphatic rings. The van der Waals surface area contributed by atoms with E-state index >= 15 is 0 Å². The van der Waals surface area contributed by atoms with Crippen molar-refractivity contribution in [2.75, 3.05) is 36.9 Å². The summed E-state index contributed by atoms with van der Waals surface area (Å²) in [6.07, 6.45) is 3.03. The highest BCUT2D eigenvalue weighted by atomic mass is 16.2. The van der Waals surface area contributed by atoms with Gasteiger partial charge in [0.05, 0.1) is 6.54 Å². The molecule has 0 atom stereocenters. The average Bonchev–Trinajstić information content (AvgIpc) is 3.23. The summed E-state index contributed by atoms with van der Waals surface area (Å²) in [6.45, 7) is 5.45. The van der Waals surface area contributed by atoms with E-state index in [9.17, 15) is 9.59 Å². The number of fused-ring (bicyclic) bond motifs is 1. The maximum absolute atomic E-state index is 12.9. The molecule has 1 aliphatic heterocycles. The van der Waals surface area contributed by atoms with Gasteiger partial charge in [0.25, 0.3) is 0 Å². The first kappa shape index (κ1) is 20.8. The molecule has 1 N–H and O–H groups in total. The van der Waals surface area contributed by atoms with Gasteiger partial charge in [0.1, 0.15) is 12.1 Å². The van der Waals surface area contributed by atoms with Crippen molar-refractivity contribution in [2.24, 2.45) is 5.92 Å². The van der Waals surface area contributed by atoms with Crippen LogP contribution in [-0.4, -0.2) is 63.2 Å². The summed E-state index contributed by atoms with van der Waals surface area (Å²) in [4.78, 5) is 29.0. The van der Waals surface area contributed by atoms with E-state index in [0.717, 1.165) is 48.6 Å². The first-order valence-corrected chi connectivity index (χ1v) is 10.4. The van der Waals surface area contributed by atoms with Crippen molar-refractivity contribution in [2.45, 2.75) is 26.7 Å². The zero-order chi connectivity index (χ0) is 22.0. The van der Waals surface area contributed by atoms with Gasteiger partial charge in [-0.1, -0.05) is 12.1 Å². The maximum atomic E-state index is 12.9. The van der Waals surface area contributed by atoms with Crippen LogP contribution in [0.5, 0.6) is 0 Å². The molecule has 9 nitrogen and oxygen atoms in total. The number of aromatic nitrogens is 4. The zero-order valence-corrected chi connectivity index (χ0v) is 18.1. The molecule has 0 bridgehead atoms. The second-order valence-electron chi connectivity index (χ2n) is 8.15. The van der Waals surface area contributed by atoms with Crippen LogP contribution >= 0.6 is 0 Å². The quantitative estimate of drug-likeness (QED) is 0.678. The topological polar surface area (TPSA) is 95.7 Å². The van der Waals surface area contributed by atoms with Gasteiger partial charge in [-0.05, 0) is 56.0 Å². The minimum atomic E-state index is -0.187. The first-order chi connectivity index (χ1) is 14.9. The van der Waals surface area contributed by atoms with Crippen molar-refractivity contribution in [3.8, 4) is 0 Å². The van der Waals surface area contributed by atoms with Crippen molar-refractivity contribution in [1.82, 2.24) is 24.7 Å². The van der Waals surface area contributed by atoms with Gasteiger partial charge < -0.3 is 15.1 Å². The number of aryl methyl sites for hydroxylation is 2. The minimum absolute atomic E-state index is 0.0120. The van der Waals surface area contributed by atoms with Gasteiger partial charge in [-0.2, -0.15) is 4.52 Å². The van der Waals surface area contributed by atoms with Crippen LogP contribution in [0, 0.1) is 19.8 Å². The number of hydrogen-bond donors (Lipinski definition) is 1. The van der Waals surface area contributed by atoms with Crippen molar-refractivity contribution < 1.29 is 9.59 Å². The Morgan fingerprint density at radius 1 is 1.16 bits per heavy atom. The third-order valence-electron chi connectivity index (χ3n) is 5.74. The van der Waals surface area contributed by atoms with E-state index in [1.807, 2.05) is 44.2 Å². The van der Waals surface area contributed by atoms with E-state index in [4.69, 9.17) is 0 Å². The van der Waals surface area contributed by atoms with E-state index in [1.165, 1.54) is 4.90 Å². The summed E-state index contributed by atoms with van der Waals surface area (Å²) in [5.41, 5.74) is 3.57. The molecule has 0 aliphatic carbocycles. The molecular weight excluding hydrogens is 394 g/mol. The predicted molar refractivity (Wildman–Crippen MR) is 118 cm³/mol. The molecule has 31 heavy (non-hydrogen) atoms. The van der Waals surface area contributed by atoms with Crippen molar-refractivity contribution in [3.05, 3.63) is 47.8 Å². The number of amides is 2. The van der Waals surface area contributed by atoms with E-state index in [0.29, 0.717) is 5.65 Å². The van der Waals surface area contributed by atoms with E-state index < -0.39 is 0 Å². The lowest BCUT2D eigenvalue weighted by molar-refractivity contribution is -0.137. The fraction of sp³-hybridized carbons (Fsp3) is 0.409. The largest absolute Gasteiger partial charge is 0.355 e. The molecular formula is C22H27N7O2. The van der Waals surface area contributed by atoms with Gasteiger partial charge in [0.2, 0.25) is 11.8 Å². The van der Waals surface area contributed by atoms with Crippen LogP contribution < -0.4 is 10.2 Å². The lowest BCUT2D eigenvalue weighted by Crippen LogP contribution is -2.43. The fourth-order valence-electron chi connectivity index (χ4n) is 3.91. The number of carbonyl (C=O) groups is 2. The zero-order valence-electron chi connectivity index (χ0n) is 18.1. The van der Waals surface area contributed by atoms with Gasteiger partial charge in [-0.15, -0.1) is 15.3 Å². The molecule has 1 aromatic carbocycles. The number of anilines is 2. The van der Waals surface area contributed by atoms with Crippen molar-refractivity contribution in [1.29, 1.82) is 0 Å². The third kappa shape index (κ3) is 4.65. The van der Waals surface area contributed by atoms with E-state index in [-0.39, 0.29) is 24.3 Å². The first-order valence-electron chi connectivity index (χ1n) is 10.4. The molecule has 1 saturated heterocycles. The molecule has 3 aromatic rings. The van der Waals surface area contributed by atoms with Crippen LogP contribution in [0.15, 0.2) is 36.7 Å². The van der Waals surface area contributed by atoms with Crippen LogP contribution in [-0.2, 0) is 9.59 Å². The number of nitrogens with one attached hydrogen (secondary N) is 1. The van der Waals surface area contributed by atoms with E-state index in [2.05, 4.69) is 25.5 Å². The monoisotopic (exact) mass is 421 g/mol. The molecule has 9 heteroatoms. The Balaban J connectivity index is 1.30. The lowest BCUT2D eigenvalue weighted by Gasteiger charge is -2.33. The summed E-state index contributed by atoms with van der Waals surface area (Å²) in [7, 11) is 1.69. The Morgan fingerprint density at radius 2 is 1.94 bits per heavy atom. The Bertz CT molecular complexity index is 1100. The summed E-state index contributed by atoms with van der Waals surface area (Å²) < 4.78 is 1.65. The molecule has 0 radical (unpaired) electrons. The Morgan fingerprint density at radius 3 is 2.71 bits per heavy atom. The van der Waals surface area contributed by atoms with Crippen molar-refractivity contribution in [3.63, 3.8) is 0 Å². The molecule has 0 spiro atoms. The van der Waals surface area contributed by atoms with E-state index in [1.54, 1.807) is 17.9 Å². The highest BCUT2D eigenvalue weighted by Gasteiger charge is 2.28. The molecule has 3 heterocycles. The molecule has 162 valence electrons. The van der Waals surface area contributed by atoms with Gasteiger partial charge in [-0.3, -0.25) is 9.59 Å². The number of benzene rings is 1. The maximum Gasteiger partial charge on any atom is 0.243 e. The second-order valence-corrected chi connectivity index (χ2v) is 8.15. The molecule has 0 unspecified atom stereocenters. The second kappa shape index (κ2) is 8.71. The Labute approximate surface area is 181 Å². The summed E-state index contributed by atoms with van der Waals surface area (Å²) in [5.74, 6) is 0.583. The average molecular weight is 422 g/mol. The van der Waals surface area contributed by atoms with Gasteiger partial charge >= 0.3 is 0 Å². The number of nitrogens with zero attached hydrogens (tertiary/aromatic N) is 6. The number of piperidine rings is 1. The molecule has 2 amide bonds. The minimum Gasteiger partial charge on any atom is -0.355 e.